The molecule has 1 aromatic rings. The van der Waals surface area contributed by atoms with E-state index < -0.39 is 27.7 Å². The molecule has 7 nitrogen and oxygen atoms in total. The Hall–Kier alpha value is -2.51. The topological polar surface area (TPSA) is 98.5 Å². The summed E-state index contributed by atoms with van der Waals surface area (Å²) in [4.78, 5) is 34.8. The molecule has 126 valence electrons. The van der Waals surface area contributed by atoms with Crippen molar-refractivity contribution in [2.45, 2.75) is 17.5 Å². The Morgan fingerprint density at radius 3 is 2.54 bits per heavy atom. The van der Waals surface area contributed by atoms with Crippen LogP contribution in [0.4, 0.5) is 5.69 Å². The predicted octanol–water partition coefficient (Wildman–Crippen LogP) is 2.31. The number of ketones is 1. The Labute approximate surface area is 143 Å². The number of methoxy groups -OCH3 is 1. The van der Waals surface area contributed by atoms with Gasteiger partial charge >= 0.3 is 5.72 Å². The normalized spacial score (nSPS) is 20.8. The fourth-order valence-electron chi connectivity index (χ4n) is 2.15. The molecular weight excluding hydrogens is 336 g/mol. The number of benzene rings is 1. The van der Waals surface area contributed by atoms with Gasteiger partial charge in [0.25, 0.3) is 0 Å². The number of hydrogen-bond acceptors (Lipinski definition) is 5. The lowest BCUT2D eigenvalue weighted by molar-refractivity contribution is -0.610. The first kappa shape index (κ1) is 17.8. The molecule has 0 saturated carbocycles. The Morgan fingerprint density at radius 2 is 2.04 bits per heavy atom. The maximum atomic E-state index is 12.3. The lowest BCUT2D eigenvalue weighted by Gasteiger charge is -2.22. The van der Waals surface area contributed by atoms with Crippen LogP contribution in [0.3, 0.4) is 0 Å². The van der Waals surface area contributed by atoms with E-state index in [1.165, 1.54) is 25.3 Å². The van der Waals surface area contributed by atoms with Crippen molar-refractivity contribution in [2.24, 2.45) is 0 Å². The van der Waals surface area contributed by atoms with E-state index in [-0.39, 0.29) is 12.0 Å². The van der Waals surface area contributed by atoms with Gasteiger partial charge in [0, 0.05) is 24.4 Å². The molecule has 1 amide bonds. The first-order valence-corrected chi connectivity index (χ1v) is 7.46. The Balaban J connectivity index is 2.05. The number of nitrogens with one attached hydrogen (secondary N) is 1. The van der Waals surface area contributed by atoms with Crippen LogP contribution >= 0.6 is 11.6 Å². The first-order valence-electron chi connectivity index (χ1n) is 7.03. The Bertz CT molecular complexity index is 716. The molecule has 0 fully saturated rings. The summed E-state index contributed by atoms with van der Waals surface area (Å²) in [5, 5.41) is 12.1. The van der Waals surface area contributed by atoms with Gasteiger partial charge in [-0.15, -0.1) is 11.6 Å². The smallest absolute Gasteiger partial charge is 0.324 e. The van der Waals surface area contributed by atoms with Gasteiger partial charge in [0.05, 0.1) is 11.3 Å². The number of allylic oxidation sites excluding steroid dienone is 2. The summed E-state index contributed by atoms with van der Waals surface area (Å²) in [5.41, 5.74) is -1.05. The largest absolute Gasteiger partial charge is 0.348 e. The van der Waals surface area contributed by atoms with Gasteiger partial charge in [0.2, 0.25) is 5.91 Å². The van der Waals surface area contributed by atoms with Gasteiger partial charge in [-0.1, -0.05) is 24.3 Å². The third-order valence-electron chi connectivity index (χ3n) is 3.59. The summed E-state index contributed by atoms with van der Waals surface area (Å²) in [5.74, 6) is -1.30. The van der Waals surface area contributed by atoms with E-state index >= 15 is 0 Å². The van der Waals surface area contributed by atoms with Crippen LogP contribution in [0, 0.1) is 10.1 Å². The summed E-state index contributed by atoms with van der Waals surface area (Å²) >= 11 is 5.93. The lowest BCUT2D eigenvalue weighted by atomic mass is 9.96. The van der Waals surface area contributed by atoms with Gasteiger partial charge in [0.15, 0.2) is 11.2 Å². The lowest BCUT2D eigenvalue weighted by Crippen LogP contribution is -2.40. The second kappa shape index (κ2) is 7.37. The van der Waals surface area contributed by atoms with Crippen molar-refractivity contribution in [3.63, 3.8) is 0 Å². The van der Waals surface area contributed by atoms with Gasteiger partial charge in [0.1, 0.15) is 0 Å². The van der Waals surface area contributed by atoms with Crippen molar-refractivity contribution in [1.82, 2.24) is 0 Å². The highest BCUT2D eigenvalue weighted by Crippen LogP contribution is 2.26. The van der Waals surface area contributed by atoms with E-state index in [4.69, 9.17) is 16.3 Å². The SMILES string of the molecule is COC1([N+](=O)[O-])C=CC(C(=O)C(Cl)C(=O)Nc2ccccc2)=CC1. The summed E-state index contributed by atoms with van der Waals surface area (Å²) in [6.45, 7) is 0. The van der Waals surface area contributed by atoms with Crippen LogP contribution in [0.15, 0.2) is 54.1 Å². The van der Waals surface area contributed by atoms with E-state index in [9.17, 15) is 19.7 Å². The monoisotopic (exact) mass is 350 g/mol. The van der Waals surface area contributed by atoms with E-state index in [0.29, 0.717) is 5.69 Å². The summed E-state index contributed by atoms with van der Waals surface area (Å²) in [6, 6.07) is 8.57. The second-order valence-corrected chi connectivity index (χ2v) is 5.52. The van der Waals surface area contributed by atoms with Crippen LogP contribution < -0.4 is 5.32 Å². The highest BCUT2D eigenvalue weighted by atomic mass is 35.5. The quantitative estimate of drug-likeness (QED) is 0.279. The predicted molar refractivity (Wildman–Crippen MR) is 88.3 cm³/mol. The number of anilines is 1. The van der Waals surface area contributed by atoms with Gasteiger partial charge in [-0.3, -0.25) is 19.7 Å². The van der Waals surface area contributed by atoms with Crippen molar-refractivity contribution in [3.8, 4) is 0 Å². The molecule has 0 bridgehead atoms. The third-order valence-corrected chi connectivity index (χ3v) is 3.98. The minimum atomic E-state index is -1.70. The molecule has 1 aliphatic carbocycles. The second-order valence-electron chi connectivity index (χ2n) is 5.09. The number of nitro groups is 1. The standard InChI is InChI=1S/C16H15ClN2O5/c1-24-16(19(22)23)9-7-11(8-10-16)14(20)13(17)15(21)18-12-5-3-2-4-6-12/h2-9,13H,10H2,1H3,(H,18,21). The number of alkyl halides is 1. The number of amides is 1. The van der Waals surface area contributed by atoms with Crippen LogP contribution in [0.1, 0.15) is 6.42 Å². The molecule has 1 N–H and O–H groups in total. The van der Waals surface area contributed by atoms with E-state index in [2.05, 4.69) is 5.32 Å². The third kappa shape index (κ3) is 3.69. The molecule has 8 heteroatoms. The zero-order valence-electron chi connectivity index (χ0n) is 12.8. The van der Waals surface area contributed by atoms with Crippen LogP contribution in [0.25, 0.3) is 0 Å². The zero-order valence-corrected chi connectivity index (χ0v) is 13.5. The Kier molecular flexibility index (Phi) is 5.48. The van der Waals surface area contributed by atoms with Gasteiger partial charge in [-0.2, -0.15) is 0 Å². The van der Waals surface area contributed by atoms with Gasteiger partial charge in [-0.25, -0.2) is 0 Å². The average Bonchev–Trinajstić information content (AvgIpc) is 2.61. The maximum Gasteiger partial charge on any atom is 0.348 e. The fraction of sp³-hybridized carbons (Fsp3) is 0.250. The molecule has 1 aliphatic rings. The number of carbonyl (C=O) groups is 2. The molecule has 0 radical (unpaired) electrons. The number of ether oxygens (including phenoxy) is 1. The Morgan fingerprint density at radius 1 is 1.38 bits per heavy atom. The van der Waals surface area contributed by atoms with Gasteiger partial charge < -0.3 is 10.1 Å². The number of halogens is 1. The van der Waals surface area contributed by atoms with E-state index in [1.807, 2.05) is 0 Å². The minimum Gasteiger partial charge on any atom is -0.324 e. The highest BCUT2D eigenvalue weighted by molar-refractivity contribution is 6.45. The number of rotatable bonds is 6. The number of nitrogens with zero attached hydrogens (tertiary/aromatic N) is 1. The molecule has 0 spiro atoms. The number of carbonyl (C=O) groups excluding carboxylic acids is 2. The molecule has 0 aromatic heterocycles. The van der Waals surface area contributed by atoms with Crippen molar-refractivity contribution >= 4 is 29.0 Å². The van der Waals surface area contributed by atoms with E-state index in [1.54, 1.807) is 30.3 Å². The minimum absolute atomic E-state index is 0.127. The first-order chi connectivity index (χ1) is 11.4. The maximum absolute atomic E-state index is 12.3. The highest BCUT2D eigenvalue weighted by Gasteiger charge is 2.42. The number of Topliss-reactive ketones (excluding diaryl/α,β-unsaturated/α-hetero) is 1. The van der Waals surface area contributed by atoms with Crippen molar-refractivity contribution in [3.05, 3.63) is 64.2 Å². The van der Waals surface area contributed by atoms with Crippen molar-refractivity contribution < 1.29 is 19.2 Å². The van der Waals surface area contributed by atoms with Gasteiger partial charge in [-0.05, 0) is 18.2 Å². The molecule has 2 unspecified atom stereocenters. The summed E-state index contributed by atoms with van der Waals surface area (Å²) in [6.07, 6.45) is 3.65. The van der Waals surface area contributed by atoms with Crippen molar-refractivity contribution in [1.29, 1.82) is 0 Å². The zero-order chi connectivity index (χ0) is 17.7. The molecular formula is C16H15ClN2O5. The van der Waals surface area contributed by atoms with Crippen LogP contribution in [0.5, 0.6) is 0 Å². The van der Waals surface area contributed by atoms with Crippen molar-refractivity contribution in [2.75, 3.05) is 12.4 Å². The summed E-state index contributed by atoms with van der Waals surface area (Å²) < 4.78 is 4.90. The molecule has 0 saturated heterocycles. The fourth-order valence-corrected chi connectivity index (χ4v) is 2.33. The molecule has 0 aliphatic heterocycles. The molecule has 2 rings (SSSR count). The number of hydrogen-bond donors (Lipinski definition) is 1. The summed E-state index contributed by atoms with van der Waals surface area (Å²) in [7, 11) is 1.21. The average molecular weight is 351 g/mol. The number of para-hydroxylation sites is 1. The molecule has 1 aromatic carbocycles. The molecule has 2 atom stereocenters. The van der Waals surface area contributed by atoms with Crippen LogP contribution in [-0.2, 0) is 14.3 Å². The van der Waals surface area contributed by atoms with Crippen LogP contribution in [0.2, 0.25) is 0 Å². The van der Waals surface area contributed by atoms with Crippen LogP contribution in [-0.4, -0.2) is 34.8 Å². The molecule has 24 heavy (non-hydrogen) atoms. The molecule has 0 heterocycles. The van der Waals surface area contributed by atoms with E-state index in [0.717, 1.165) is 0 Å².